The molecule has 0 aromatic heterocycles. The molecule has 0 bridgehead atoms. The van der Waals surface area contributed by atoms with Crippen LogP contribution in [0, 0.1) is 29.6 Å². The Morgan fingerprint density at radius 2 is 1.04 bits per heavy atom. The molecule has 2 rings (SSSR count). The predicted octanol–water partition coefficient (Wildman–Crippen LogP) is 2.44. The highest BCUT2D eigenvalue weighted by atomic mass is 16.3. The molecule has 1 heterocycles. The molecule has 0 radical (unpaired) electrons. The third-order valence-corrected chi connectivity index (χ3v) is 16.1. The molecule has 12 atom stereocenters. The highest BCUT2D eigenvalue weighted by molar-refractivity contribution is 5.99. The van der Waals surface area contributed by atoms with Crippen LogP contribution in [0.4, 0.5) is 0 Å². The van der Waals surface area contributed by atoms with Gasteiger partial charge in [0, 0.05) is 55.8 Å². The summed E-state index contributed by atoms with van der Waals surface area (Å²) >= 11 is 0. The van der Waals surface area contributed by atoms with Crippen LogP contribution in [-0.2, 0) is 59.2 Å². The van der Waals surface area contributed by atoms with E-state index in [-0.39, 0.29) is 37.5 Å². The average molecular weight is 1190 g/mol. The Labute approximate surface area is 505 Å². The van der Waals surface area contributed by atoms with Crippen LogP contribution in [0.1, 0.15) is 128 Å². The lowest BCUT2D eigenvalue weighted by Crippen LogP contribution is -2.63. The van der Waals surface area contributed by atoms with Crippen molar-refractivity contribution >= 4 is 65.0 Å². The van der Waals surface area contributed by atoms with Gasteiger partial charge in [-0.25, -0.2) is 0 Å². The van der Waals surface area contributed by atoms with Gasteiger partial charge in [-0.2, -0.15) is 0 Å². The number of benzene rings is 1. The first kappa shape index (κ1) is 74.2. The smallest absolute Gasteiger partial charge is 0.246 e. The zero-order valence-electron chi connectivity index (χ0n) is 54.6. The van der Waals surface area contributed by atoms with Crippen LogP contribution >= 0.6 is 0 Å². The second-order valence-corrected chi connectivity index (χ2v) is 24.7. The van der Waals surface area contributed by atoms with Crippen molar-refractivity contribution in [3.8, 4) is 0 Å². The van der Waals surface area contributed by atoms with E-state index in [0.717, 1.165) is 14.7 Å². The van der Waals surface area contributed by atoms with Gasteiger partial charge in [0.05, 0.1) is 12.6 Å². The molecule has 1 aliphatic rings. The van der Waals surface area contributed by atoms with Crippen LogP contribution in [0.2, 0.25) is 0 Å². The highest BCUT2D eigenvalue weighted by Crippen LogP contribution is 2.25. The number of rotatable bonds is 13. The molecule has 0 saturated carbocycles. The van der Waals surface area contributed by atoms with Crippen LogP contribution < -0.4 is 21.3 Å². The molecule has 0 spiro atoms. The van der Waals surface area contributed by atoms with Gasteiger partial charge in [0.25, 0.3) is 0 Å². The van der Waals surface area contributed by atoms with E-state index in [1.807, 2.05) is 27.7 Å². The predicted molar refractivity (Wildman–Crippen MR) is 325 cm³/mol. The van der Waals surface area contributed by atoms with Crippen molar-refractivity contribution in [2.45, 2.75) is 196 Å². The van der Waals surface area contributed by atoms with Gasteiger partial charge < -0.3 is 60.7 Å². The van der Waals surface area contributed by atoms with E-state index in [2.05, 4.69) is 21.3 Å². The van der Waals surface area contributed by atoms with E-state index in [4.69, 9.17) is 0 Å². The van der Waals surface area contributed by atoms with Gasteiger partial charge in [-0.15, -0.1) is 0 Å². The van der Waals surface area contributed by atoms with Gasteiger partial charge in [-0.3, -0.25) is 52.7 Å². The fraction of sp³-hybridized carbons (Fsp3) is 0.694. The number of carbonyl (C=O) groups excluding carboxylic acids is 11. The third kappa shape index (κ3) is 20.1. The number of hydrogen-bond donors (Lipinski definition) is 5. The molecule has 5 N–H and O–H groups in total. The molecule has 478 valence electrons. The topological polar surface area (TPSA) is 279 Å². The summed E-state index contributed by atoms with van der Waals surface area (Å²) in [7, 11) is 9.79. The minimum atomic E-state index is -1.62. The summed E-state index contributed by atoms with van der Waals surface area (Å²) in [5, 5.41) is 22.9. The molecular weight excluding hydrogens is 1090 g/mol. The Bertz CT molecular complexity index is 2510. The summed E-state index contributed by atoms with van der Waals surface area (Å²) < 4.78 is 0. The molecule has 1 aromatic rings. The minimum absolute atomic E-state index is 0.00933. The van der Waals surface area contributed by atoms with Crippen molar-refractivity contribution in [2.75, 3.05) is 55.9 Å². The first-order valence-corrected chi connectivity index (χ1v) is 29.9. The summed E-state index contributed by atoms with van der Waals surface area (Å²) in [5.41, 5.74) is 0.671. The number of amides is 11. The number of allylic oxidation sites excluding steroid dienone is 2. The largest absolute Gasteiger partial charge is 0.390 e. The van der Waals surface area contributed by atoms with E-state index < -0.39 is 156 Å². The van der Waals surface area contributed by atoms with Gasteiger partial charge in [0.15, 0.2) is 0 Å². The third-order valence-electron chi connectivity index (χ3n) is 16.1. The Balaban J connectivity index is 2.94. The van der Waals surface area contributed by atoms with Gasteiger partial charge in [0.2, 0.25) is 65.0 Å². The standard InChI is InChI=1S/C62H103N11O12/c1-22-24-28-39(11)52(75)51-56(79)65-44(23-2)58(81)67(15)34-48(74)69(17)45(33-43-29-26-25-27-30-43)55(78)66-49(37(7)8)61(84)68(16)42(14)54(77)63-40(12)53(76)64-41(13)57(80)70(18)46(31-35(3)4)59(82)71(19)47(32-36(5)6)60(83)72(20)50(38(9)10)62(85)73(51)21/h22,24-27,29-30,35-42,44-47,49-52,75H,23,28,31-34H2,1-21H3,(H,63,77)(H,64,76)(H,65,79)(H,66,78)/b24-22+/t39-,40+,41-,42+,44+,45+,46+,47+,49+,50+,51+,52-/m1/s1. The van der Waals surface area contributed by atoms with Gasteiger partial charge >= 0.3 is 0 Å². The lowest BCUT2D eigenvalue weighted by atomic mass is 9.91. The maximum atomic E-state index is 15.1. The molecule has 23 heteroatoms. The summed E-state index contributed by atoms with van der Waals surface area (Å²) in [6.45, 7) is 23.2. The second kappa shape index (κ2) is 33.7. The Morgan fingerprint density at radius 1 is 0.529 bits per heavy atom. The fourth-order valence-corrected chi connectivity index (χ4v) is 10.4. The van der Waals surface area contributed by atoms with Gasteiger partial charge in [-0.05, 0) is 88.5 Å². The van der Waals surface area contributed by atoms with E-state index in [9.17, 15) is 48.3 Å². The minimum Gasteiger partial charge on any atom is -0.390 e. The zero-order valence-corrected chi connectivity index (χ0v) is 54.6. The van der Waals surface area contributed by atoms with Crippen LogP contribution in [0.3, 0.4) is 0 Å². The number of aliphatic hydroxyl groups is 1. The van der Waals surface area contributed by atoms with Crippen LogP contribution in [0.5, 0.6) is 0 Å². The molecule has 0 unspecified atom stereocenters. The summed E-state index contributed by atoms with van der Waals surface area (Å²) in [6.07, 6.45) is 2.67. The number of aliphatic hydroxyl groups excluding tert-OH is 1. The zero-order chi connectivity index (χ0) is 65.2. The summed E-state index contributed by atoms with van der Waals surface area (Å²) in [5.74, 6) is -9.74. The number of nitrogens with zero attached hydrogens (tertiary/aromatic N) is 7. The molecule has 1 saturated heterocycles. The Kier molecular flexibility index (Phi) is 29.4. The molecule has 11 amide bonds. The Hall–Kier alpha value is -6.91. The fourth-order valence-electron chi connectivity index (χ4n) is 10.4. The first-order valence-electron chi connectivity index (χ1n) is 29.9. The van der Waals surface area contributed by atoms with Crippen molar-refractivity contribution in [3.63, 3.8) is 0 Å². The van der Waals surface area contributed by atoms with Crippen molar-refractivity contribution < 1.29 is 57.8 Å². The number of carbonyl (C=O) groups is 11. The molecule has 1 aromatic carbocycles. The lowest BCUT2D eigenvalue weighted by Gasteiger charge is -2.41. The number of nitrogens with one attached hydrogen (secondary N) is 4. The highest BCUT2D eigenvalue weighted by Gasteiger charge is 2.45. The normalized spacial score (nSPS) is 26.7. The van der Waals surface area contributed by atoms with Crippen LogP contribution in [0.15, 0.2) is 42.5 Å². The van der Waals surface area contributed by atoms with Crippen molar-refractivity contribution in [1.82, 2.24) is 55.6 Å². The SMILES string of the molecule is C/C=C/C[C@@H](C)[C@@H](O)[C@H]1C(=O)N[C@@H](CC)C(=O)N(C)CC(=O)N(C)[C@@H](Cc2ccccc2)C(=O)N[C@@H](C(C)C)C(=O)N(C)[C@@H](C)C(=O)N[C@@H](C)C(=O)N[C@H](C)C(=O)N(C)[C@@H](CC(C)C)C(=O)N(C)[C@@H](CC(C)C)C(=O)N(C)[C@@H](C(C)C)C(=O)N1C. The lowest BCUT2D eigenvalue weighted by molar-refractivity contribution is -0.157. The van der Waals surface area contributed by atoms with E-state index >= 15 is 9.59 Å². The maximum absolute atomic E-state index is 15.1. The van der Waals surface area contributed by atoms with E-state index in [1.54, 1.807) is 91.0 Å². The average Bonchev–Trinajstić information content (AvgIpc) is 3.56. The molecule has 23 nitrogen and oxygen atoms in total. The Morgan fingerprint density at radius 3 is 1.53 bits per heavy atom. The van der Waals surface area contributed by atoms with Crippen molar-refractivity contribution in [3.05, 3.63) is 48.0 Å². The molecule has 0 aliphatic carbocycles. The van der Waals surface area contributed by atoms with Crippen molar-refractivity contribution in [1.29, 1.82) is 0 Å². The number of hydrogen-bond acceptors (Lipinski definition) is 12. The van der Waals surface area contributed by atoms with Crippen LogP contribution in [-0.4, -0.2) is 227 Å². The van der Waals surface area contributed by atoms with E-state index in [1.165, 1.54) is 89.7 Å². The van der Waals surface area contributed by atoms with Gasteiger partial charge in [0.1, 0.15) is 60.4 Å². The summed E-state index contributed by atoms with van der Waals surface area (Å²) in [4.78, 5) is 168. The van der Waals surface area contributed by atoms with Crippen LogP contribution in [0.25, 0.3) is 0 Å². The quantitative estimate of drug-likeness (QED) is 0.178. The second-order valence-electron chi connectivity index (χ2n) is 24.7. The number of likely N-dealkylation sites (N-methyl/N-ethyl adjacent to an activating group) is 7. The molecule has 1 fully saturated rings. The molecule has 85 heavy (non-hydrogen) atoms. The molecular formula is C62H103N11O12. The van der Waals surface area contributed by atoms with E-state index in [0.29, 0.717) is 12.0 Å². The molecule has 1 aliphatic heterocycles. The summed E-state index contributed by atoms with van der Waals surface area (Å²) in [6, 6.07) is -3.72. The van der Waals surface area contributed by atoms with Crippen molar-refractivity contribution in [2.24, 2.45) is 29.6 Å². The monoisotopic (exact) mass is 1190 g/mol. The first-order chi connectivity index (χ1) is 39.5. The van der Waals surface area contributed by atoms with Gasteiger partial charge in [-0.1, -0.05) is 112 Å². The maximum Gasteiger partial charge on any atom is 0.246 e.